The third kappa shape index (κ3) is 1.73. The Morgan fingerprint density at radius 3 is 2.58 bits per heavy atom. The largest absolute Gasteiger partial charge is 0.319 e. The van der Waals surface area contributed by atoms with Crippen molar-refractivity contribution in [1.82, 2.24) is 4.98 Å². The van der Waals surface area contributed by atoms with Gasteiger partial charge in [0, 0.05) is 11.8 Å². The van der Waals surface area contributed by atoms with Gasteiger partial charge in [-0.1, -0.05) is 0 Å². The molecule has 66 valence electrons. The van der Waals surface area contributed by atoms with Gasteiger partial charge in [-0.2, -0.15) is 0 Å². The van der Waals surface area contributed by atoms with Gasteiger partial charge in [0.15, 0.2) is 0 Å². The minimum absolute atomic E-state index is 0.208. The van der Waals surface area contributed by atoms with E-state index in [-0.39, 0.29) is 5.56 Å². The van der Waals surface area contributed by atoms with E-state index >= 15 is 0 Å². The van der Waals surface area contributed by atoms with E-state index in [1.54, 1.807) is 0 Å². The molecule has 0 bridgehead atoms. The van der Waals surface area contributed by atoms with Crippen LogP contribution in [0.2, 0.25) is 0 Å². The fraction of sp³-hybridized carbons (Fsp3) is 0.286. The van der Waals surface area contributed by atoms with Crippen LogP contribution >= 0.6 is 0 Å². The fourth-order valence-corrected chi connectivity index (χ4v) is 0.792. The number of hydrogen-bond donors (Lipinski definition) is 1. The molecule has 1 atom stereocenters. The number of alkyl halides is 2. The van der Waals surface area contributed by atoms with Gasteiger partial charge in [-0.15, -0.1) is 0 Å². The molecule has 2 N–H and O–H groups in total. The molecule has 0 saturated carbocycles. The van der Waals surface area contributed by atoms with Crippen molar-refractivity contribution in [2.45, 2.75) is 12.5 Å². The first-order valence-corrected chi connectivity index (χ1v) is 3.26. The van der Waals surface area contributed by atoms with Crippen LogP contribution in [0.3, 0.4) is 0 Å². The van der Waals surface area contributed by atoms with E-state index in [0.29, 0.717) is 0 Å². The zero-order valence-electron chi connectivity index (χ0n) is 6.05. The van der Waals surface area contributed by atoms with Crippen molar-refractivity contribution in [2.24, 2.45) is 5.73 Å². The van der Waals surface area contributed by atoms with Crippen molar-refractivity contribution >= 4 is 0 Å². The van der Waals surface area contributed by atoms with Crippen LogP contribution in [0.25, 0.3) is 0 Å². The summed E-state index contributed by atoms with van der Waals surface area (Å²) in [6, 6.07) is -0.431. The zero-order valence-corrected chi connectivity index (χ0v) is 6.05. The maximum atomic E-state index is 12.7. The molecular formula is C7H7F3N2. The Bertz CT molecular complexity index is 265. The topological polar surface area (TPSA) is 38.9 Å². The quantitative estimate of drug-likeness (QED) is 0.741. The molecule has 0 fully saturated rings. The Labute approximate surface area is 67.2 Å². The van der Waals surface area contributed by atoms with E-state index in [1.165, 1.54) is 6.20 Å². The summed E-state index contributed by atoms with van der Waals surface area (Å²) < 4.78 is 36.7. The molecule has 2 nitrogen and oxygen atoms in total. The average molecular weight is 176 g/mol. The molecule has 1 aromatic rings. The van der Waals surface area contributed by atoms with Crippen molar-refractivity contribution < 1.29 is 13.2 Å². The molecule has 0 spiro atoms. The number of nitrogens with two attached hydrogens (primary N) is 1. The van der Waals surface area contributed by atoms with Gasteiger partial charge in [-0.3, -0.25) is 4.98 Å². The van der Waals surface area contributed by atoms with E-state index in [9.17, 15) is 13.2 Å². The number of rotatable bonds is 2. The number of pyridine rings is 1. The van der Waals surface area contributed by atoms with Crippen molar-refractivity contribution in [3.8, 4) is 0 Å². The van der Waals surface area contributed by atoms with Gasteiger partial charge in [0.2, 0.25) is 0 Å². The summed E-state index contributed by atoms with van der Waals surface area (Å²) >= 11 is 0. The Hall–Kier alpha value is -1.10. The van der Waals surface area contributed by atoms with E-state index in [1.807, 2.05) is 0 Å². The molecule has 0 aliphatic rings. The molecule has 0 aromatic carbocycles. The Morgan fingerprint density at radius 2 is 2.08 bits per heavy atom. The normalized spacial score (nSPS) is 13.4. The van der Waals surface area contributed by atoms with Gasteiger partial charge in [-0.05, 0) is 6.07 Å². The maximum Gasteiger partial charge on any atom is 0.257 e. The van der Waals surface area contributed by atoms with Crippen molar-refractivity contribution in [3.63, 3.8) is 0 Å². The first-order valence-electron chi connectivity index (χ1n) is 3.26. The third-order valence-corrected chi connectivity index (χ3v) is 1.43. The molecule has 0 aliphatic carbocycles. The molecule has 1 heterocycles. The monoisotopic (exact) mass is 176 g/mol. The predicted molar refractivity (Wildman–Crippen MR) is 37.1 cm³/mol. The van der Waals surface area contributed by atoms with Crippen LogP contribution in [-0.2, 0) is 0 Å². The van der Waals surface area contributed by atoms with Gasteiger partial charge >= 0.3 is 0 Å². The molecule has 0 amide bonds. The summed E-state index contributed by atoms with van der Waals surface area (Å²) in [7, 11) is 0. The summed E-state index contributed by atoms with van der Waals surface area (Å²) in [5.41, 5.74) is 4.81. The van der Waals surface area contributed by atoms with Crippen LogP contribution in [0.15, 0.2) is 18.5 Å². The lowest BCUT2D eigenvalue weighted by Crippen LogP contribution is -2.20. The second-order valence-corrected chi connectivity index (χ2v) is 2.26. The SMILES string of the molecule is NC(c1ccncc1F)C(F)F. The van der Waals surface area contributed by atoms with E-state index < -0.39 is 18.3 Å². The highest BCUT2D eigenvalue weighted by molar-refractivity contribution is 5.17. The third-order valence-electron chi connectivity index (χ3n) is 1.43. The lowest BCUT2D eigenvalue weighted by atomic mass is 10.1. The summed E-state index contributed by atoms with van der Waals surface area (Å²) in [4.78, 5) is 3.41. The summed E-state index contributed by atoms with van der Waals surface area (Å²) in [5, 5.41) is 0. The van der Waals surface area contributed by atoms with Gasteiger partial charge in [0.05, 0.1) is 12.2 Å². The molecule has 1 aromatic heterocycles. The number of nitrogens with zero attached hydrogens (tertiary/aromatic N) is 1. The highest BCUT2D eigenvalue weighted by Gasteiger charge is 2.20. The highest BCUT2D eigenvalue weighted by atomic mass is 19.3. The van der Waals surface area contributed by atoms with E-state index in [0.717, 1.165) is 12.3 Å². The molecule has 5 heteroatoms. The molecule has 12 heavy (non-hydrogen) atoms. The smallest absolute Gasteiger partial charge is 0.257 e. The van der Waals surface area contributed by atoms with Crippen LogP contribution in [0, 0.1) is 5.82 Å². The van der Waals surface area contributed by atoms with Crippen LogP contribution < -0.4 is 5.73 Å². The second kappa shape index (κ2) is 3.53. The van der Waals surface area contributed by atoms with Crippen LogP contribution in [-0.4, -0.2) is 11.4 Å². The fourth-order valence-electron chi connectivity index (χ4n) is 0.792. The average Bonchev–Trinajstić information content (AvgIpc) is 2.04. The van der Waals surface area contributed by atoms with Gasteiger partial charge in [0.1, 0.15) is 5.82 Å². The van der Waals surface area contributed by atoms with Gasteiger partial charge in [-0.25, -0.2) is 13.2 Å². The molecule has 1 rings (SSSR count). The number of aromatic nitrogens is 1. The van der Waals surface area contributed by atoms with Crippen LogP contribution in [0.1, 0.15) is 11.6 Å². The molecule has 0 saturated heterocycles. The highest BCUT2D eigenvalue weighted by Crippen LogP contribution is 2.19. The first kappa shape index (κ1) is 8.99. The first-order chi connectivity index (χ1) is 5.63. The van der Waals surface area contributed by atoms with E-state index in [2.05, 4.69) is 4.98 Å². The second-order valence-electron chi connectivity index (χ2n) is 2.26. The number of hydrogen-bond acceptors (Lipinski definition) is 2. The standard InChI is InChI=1S/C7H7F3N2/c8-5-3-12-2-1-4(5)6(11)7(9)10/h1-3,6-7H,11H2. The minimum atomic E-state index is -2.76. The summed E-state index contributed by atoms with van der Waals surface area (Å²) in [6.07, 6.45) is -0.681. The predicted octanol–water partition coefficient (Wildman–Crippen LogP) is 1.49. The maximum absolute atomic E-state index is 12.7. The zero-order chi connectivity index (χ0) is 9.14. The van der Waals surface area contributed by atoms with Gasteiger partial charge in [0.25, 0.3) is 6.43 Å². The molecule has 0 aliphatic heterocycles. The van der Waals surface area contributed by atoms with Crippen molar-refractivity contribution in [3.05, 3.63) is 29.8 Å². The molecule has 0 radical (unpaired) electrons. The lowest BCUT2D eigenvalue weighted by Gasteiger charge is -2.10. The van der Waals surface area contributed by atoms with Crippen molar-refractivity contribution in [1.29, 1.82) is 0 Å². The minimum Gasteiger partial charge on any atom is -0.319 e. The molecular weight excluding hydrogens is 169 g/mol. The van der Waals surface area contributed by atoms with Gasteiger partial charge < -0.3 is 5.73 Å². The van der Waals surface area contributed by atoms with Crippen molar-refractivity contribution in [2.75, 3.05) is 0 Å². The summed E-state index contributed by atoms with van der Waals surface area (Å²) in [6.45, 7) is 0. The number of halogens is 3. The van der Waals surface area contributed by atoms with E-state index in [4.69, 9.17) is 5.73 Å². The van der Waals surface area contributed by atoms with Crippen LogP contribution in [0.5, 0.6) is 0 Å². The lowest BCUT2D eigenvalue weighted by molar-refractivity contribution is 0.114. The Balaban J connectivity index is 2.94. The summed E-state index contributed by atoms with van der Waals surface area (Å²) in [5.74, 6) is -0.801. The molecule has 1 unspecified atom stereocenters. The Morgan fingerprint density at radius 1 is 1.42 bits per heavy atom. The van der Waals surface area contributed by atoms with Crippen LogP contribution in [0.4, 0.5) is 13.2 Å². The Kier molecular flexibility index (Phi) is 2.65.